The second-order valence-corrected chi connectivity index (χ2v) is 18.9. The molecule has 1 aromatic rings. The van der Waals surface area contributed by atoms with Gasteiger partial charge in [0.1, 0.15) is 25.4 Å². The highest BCUT2D eigenvalue weighted by Gasteiger charge is 2.46. The molecule has 1 aromatic carbocycles. The van der Waals surface area contributed by atoms with Crippen LogP contribution >= 0.6 is 0 Å². The summed E-state index contributed by atoms with van der Waals surface area (Å²) in [5.74, 6) is -0.607. The first-order chi connectivity index (χ1) is 20.7. The van der Waals surface area contributed by atoms with Crippen molar-refractivity contribution in [1.82, 2.24) is 4.90 Å². The quantitative estimate of drug-likeness (QED) is 0.175. The van der Waals surface area contributed by atoms with Gasteiger partial charge in [-0.1, -0.05) is 113 Å². The third-order valence-electron chi connectivity index (χ3n) is 8.82. The molecule has 0 saturated carbocycles. The number of aliphatic hydroxyl groups is 2. The van der Waals surface area contributed by atoms with E-state index in [0.717, 1.165) is 12.0 Å². The maximum absolute atomic E-state index is 13.5. The van der Waals surface area contributed by atoms with Crippen molar-refractivity contribution >= 4 is 11.9 Å². The predicted molar refractivity (Wildman–Crippen MR) is 188 cm³/mol. The number of esters is 2. The summed E-state index contributed by atoms with van der Waals surface area (Å²) in [4.78, 5) is 28.8. The molecular weight excluding hydrogens is 578 g/mol. The molecule has 0 aliphatic rings. The minimum atomic E-state index is -0.962. The molecular formula is C39H69NO6. The van der Waals surface area contributed by atoms with E-state index in [0.29, 0.717) is 25.8 Å². The third kappa shape index (κ3) is 15.3. The lowest BCUT2D eigenvalue weighted by Gasteiger charge is -2.41. The SMILES string of the molecule is CC(C)(C)CCC(C)(C(=O)OCC(O)CN(Cc1ccccc1)CC(O)COC(=O)C(C)(CC(C)(C)C)CC(C)(C)C)C(C)(C)C. The van der Waals surface area contributed by atoms with E-state index in [1.807, 2.05) is 49.1 Å². The molecule has 0 saturated heterocycles. The number of ether oxygens (including phenoxy) is 2. The van der Waals surface area contributed by atoms with Crippen molar-refractivity contribution < 1.29 is 29.3 Å². The largest absolute Gasteiger partial charge is 0.462 e. The van der Waals surface area contributed by atoms with Gasteiger partial charge in [0.15, 0.2) is 0 Å². The van der Waals surface area contributed by atoms with Gasteiger partial charge in [-0.15, -0.1) is 0 Å². The van der Waals surface area contributed by atoms with Crippen molar-refractivity contribution in [3.8, 4) is 0 Å². The average Bonchev–Trinajstić information content (AvgIpc) is 2.86. The van der Waals surface area contributed by atoms with E-state index in [1.54, 1.807) is 0 Å². The number of nitrogens with zero attached hydrogens (tertiary/aromatic N) is 1. The Balaban J connectivity index is 2.98. The minimum absolute atomic E-state index is 0.0688. The Hall–Kier alpha value is -1.96. The molecule has 0 aliphatic carbocycles. The Morgan fingerprint density at radius 2 is 1.09 bits per heavy atom. The van der Waals surface area contributed by atoms with Crippen LogP contribution in [0.5, 0.6) is 0 Å². The average molecular weight is 648 g/mol. The maximum atomic E-state index is 13.5. The second kappa shape index (κ2) is 16.4. The van der Waals surface area contributed by atoms with Gasteiger partial charge in [-0.05, 0) is 66.8 Å². The molecule has 0 heterocycles. The van der Waals surface area contributed by atoms with Gasteiger partial charge >= 0.3 is 11.9 Å². The Labute approximate surface area is 281 Å². The highest BCUT2D eigenvalue weighted by molar-refractivity contribution is 5.77. The monoisotopic (exact) mass is 648 g/mol. The Kier molecular flexibility index (Phi) is 15.0. The summed E-state index contributed by atoms with van der Waals surface area (Å²) < 4.78 is 11.5. The molecule has 0 aromatic heterocycles. The number of rotatable bonds is 16. The van der Waals surface area contributed by atoms with Crippen molar-refractivity contribution in [3.05, 3.63) is 35.9 Å². The molecule has 46 heavy (non-hydrogen) atoms. The van der Waals surface area contributed by atoms with E-state index in [2.05, 4.69) is 83.1 Å². The van der Waals surface area contributed by atoms with Gasteiger partial charge < -0.3 is 19.7 Å². The smallest absolute Gasteiger partial charge is 0.312 e. The van der Waals surface area contributed by atoms with Crippen LogP contribution in [0, 0.1) is 32.5 Å². The van der Waals surface area contributed by atoms with Crippen molar-refractivity contribution in [2.45, 2.75) is 141 Å². The molecule has 0 fully saturated rings. The van der Waals surface area contributed by atoms with Gasteiger partial charge in [0.2, 0.25) is 0 Å². The first-order valence-corrected chi connectivity index (χ1v) is 17.1. The normalized spacial score (nSPS) is 16.1. The molecule has 3 unspecified atom stereocenters. The first kappa shape index (κ1) is 42.1. The summed E-state index contributed by atoms with van der Waals surface area (Å²) in [5.41, 5.74) is -0.761. The molecule has 7 nitrogen and oxygen atoms in total. The van der Waals surface area contributed by atoms with Crippen LogP contribution in [-0.4, -0.2) is 65.6 Å². The van der Waals surface area contributed by atoms with Crippen LogP contribution in [0.1, 0.15) is 128 Å². The highest BCUT2D eigenvalue weighted by atomic mass is 16.5. The first-order valence-electron chi connectivity index (χ1n) is 17.1. The molecule has 7 heteroatoms. The third-order valence-corrected chi connectivity index (χ3v) is 8.82. The molecule has 2 N–H and O–H groups in total. The zero-order valence-corrected chi connectivity index (χ0v) is 31.9. The van der Waals surface area contributed by atoms with Crippen LogP contribution < -0.4 is 0 Å². The summed E-state index contributed by atoms with van der Waals surface area (Å²) >= 11 is 0. The van der Waals surface area contributed by atoms with Crippen molar-refractivity contribution in [2.24, 2.45) is 32.5 Å². The van der Waals surface area contributed by atoms with Crippen molar-refractivity contribution in [1.29, 1.82) is 0 Å². The number of benzene rings is 1. The molecule has 3 atom stereocenters. The number of hydrogen-bond acceptors (Lipinski definition) is 7. The standard InChI is InChI=1S/C39H69NO6/c1-34(2,3)20-21-39(14,37(10,11)12)33(44)46-26-31(42)24-40(22-29-18-16-15-17-19-29)23-30(41)25-45-32(43)38(13,27-35(4,5)6)28-36(7,8)9/h15-19,30-31,41-42H,20-28H2,1-14H3. The van der Waals surface area contributed by atoms with Crippen LogP contribution in [0.15, 0.2) is 30.3 Å². The van der Waals surface area contributed by atoms with E-state index in [-0.39, 0.29) is 59.9 Å². The van der Waals surface area contributed by atoms with E-state index in [4.69, 9.17) is 9.47 Å². The number of hydrogen-bond donors (Lipinski definition) is 2. The molecule has 0 radical (unpaired) electrons. The lowest BCUT2D eigenvalue weighted by molar-refractivity contribution is -0.166. The topological polar surface area (TPSA) is 96.3 Å². The molecule has 0 aliphatic heterocycles. The Bertz CT molecular complexity index is 1060. The van der Waals surface area contributed by atoms with Crippen LogP contribution in [0.2, 0.25) is 0 Å². The number of carbonyl (C=O) groups excluding carboxylic acids is 2. The summed E-state index contributed by atoms with van der Waals surface area (Å²) in [7, 11) is 0. The van der Waals surface area contributed by atoms with Gasteiger partial charge in [-0.2, -0.15) is 0 Å². The second-order valence-electron chi connectivity index (χ2n) is 18.9. The molecule has 1 rings (SSSR count). The minimum Gasteiger partial charge on any atom is -0.462 e. The van der Waals surface area contributed by atoms with E-state index in [1.165, 1.54) is 0 Å². The van der Waals surface area contributed by atoms with Crippen LogP contribution in [-0.2, 0) is 25.6 Å². The van der Waals surface area contributed by atoms with E-state index in [9.17, 15) is 19.8 Å². The van der Waals surface area contributed by atoms with Crippen LogP contribution in [0.3, 0.4) is 0 Å². The van der Waals surface area contributed by atoms with Gasteiger partial charge in [0, 0.05) is 19.6 Å². The lowest BCUT2D eigenvalue weighted by Crippen LogP contribution is -2.45. The zero-order valence-electron chi connectivity index (χ0n) is 31.9. The Morgan fingerprint density at radius 3 is 1.48 bits per heavy atom. The van der Waals surface area contributed by atoms with Crippen LogP contribution in [0.25, 0.3) is 0 Å². The maximum Gasteiger partial charge on any atom is 0.312 e. The molecule has 0 spiro atoms. The summed E-state index contributed by atoms with van der Waals surface area (Å²) in [6, 6.07) is 9.80. The number of aliphatic hydroxyl groups excluding tert-OH is 2. The van der Waals surface area contributed by atoms with E-state index >= 15 is 0 Å². The van der Waals surface area contributed by atoms with Crippen molar-refractivity contribution in [3.63, 3.8) is 0 Å². The predicted octanol–water partition coefficient (Wildman–Crippen LogP) is 8.05. The fourth-order valence-electron chi connectivity index (χ4n) is 6.38. The number of carbonyl (C=O) groups is 2. The van der Waals surface area contributed by atoms with E-state index < -0.39 is 23.0 Å². The summed E-state index contributed by atoms with van der Waals surface area (Å²) in [5, 5.41) is 22.1. The molecule has 266 valence electrons. The molecule has 0 bridgehead atoms. The molecule has 0 amide bonds. The highest BCUT2D eigenvalue weighted by Crippen LogP contribution is 2.45. The summed E-state index contributed by atoms with van der Waals surface area (Å²) in [6.45, 7) is 29.8. The summed E-state index contributed by atoms with van der Waals surface area (Å²) in [6.07, 6.45) is 0.972. The lowest BCUT2D eigenvalue weighted by atomic mass is 9.64. The van der Waals surface area contributed by atoms with Gasteiger partial charge in [-0.3, -0.25) is 14.5 Å². The Morgan fingerprint density at radius 1 is 0.652 bits per heavy atom. The fourth-order valence-corrected chi connectivity index (χ4v) is 6.38. The fraction of sp³-hybridized carbons (Fsp3) is 0.795. The van der Waals surface area contributed by atoms with Gasteiger partial charge in [-0.25, -0.2) is 0 Å². The zero-order chi connectivity index (χ0) is 35.8. The van der Waals surface area contributed by atoms with Gasteiger partial charge in [0.25, 0.3) is 0 Å². The van der Waals surface area contributed by atoms with Crippen molar-refractivity contribution in [2.75, 3.05) is 26.3 Å². The van der Waals surface area contributed by atoms with Crippen LogP contribution in [0.4, 0.5) is 0 Å². The van der Waals surface area contributed by atoms with Gasteiger partial charge in [0.05, 0.1) is 10.8 Å².